The first-order valence-corrected chi connectivity index (χ1v) is 7.48. The van der Waals surface area contributed by atoms with Gasteiger partial charge in [-0.3, -0.25) is 4.68 Å². The minimum Gasteiger partial charge on any atom is -0.315 e. The Labute approximate surface area is 124 Å². The highest BCUT2D eigenvalue weighted by Gasteiger charge is 2.39. The molecule has 1 aliphatic heterocycles. The van der Waals surface area contributed by atoms with E-state index in [0.29, 0.717) is 6.04 Å². The van der Waals surface area contributed by atoms with Crippen LogP contribution in [0.15, 0.2) is 36.5 Å². The van der Waals surface area contributed by atoms with Gasteiger partial charge in [-0.05, 0) is 37.6 Å². The molecule has 106 valence electrons. The SMILES string of the molecule is CC(C)n1ccc(CC2(c3ccc(Cl)cc3)CNC2)n1. The van der Waals surface area contributed by atoms with Crippen molar-refractivity contribution in [3.05, 3.63) is 52.8 Å². The summed E-state index contributed by atoms with van der Waals surface area (Å²) in [6.07, 6.45) is 3.04. The summed E-state index contributed by atoms with van der Waals surface area (Å²) in [5.74, 6) is 0. The van der Waals surface area contributed by atoms with Gasteiger partial charge in [0.05, 0.1) is 5.69 Å². The Morgan fingerprint density at radius 1 is 1.25 bits per heavy atom. The van der Waals surface area contributed by atoms with Gasteiger partial charge in [-0.15, -0.1) is 0 Å². The first-order valence-electron chi connectivity index (χ1n) is 7.10. The molecule has 0 bridgehead atoms. The highest BCUT2D eigenvalue weighted by atomic mass is 35.5. The van der Waals surface area contributed by atoms with E-state index in [4.69, 9.17) is 11.6 Å². The monoisotopic (exact) mass is 289 g/mol. The average molecular weight is 290 g/mol. The van der Waals surface area contributed by atoms with E-state index in [0.717, 1.165) is 30.2 Å². The summed E-state index contributed by atoms with van der Waals surface area (Å²) in [4.78, 5) is 0. The predicted molar refractivity (Wildman–Crippen MR) is 82.3 cm³/mol. The average Bonchev–Trinajstić information content (AvgIpc) is 2.84. The number of halogens is 1. The van der Waals surface area contributed by atoms with Gasteiger partial charge in [0.2, 0.25) is 0 Å². The summed E-state index contributed by atoms with van der Waals surface area (Å²) in [6.45, 7) is 6.31. The molecular formula is C16H20ClN3. The molecule has 1 aliphatic rings. The van der Waals surface area contributed by atoms with E-state index in [1.54, 1.807) is 0 Å². The van der Waals surface area contributed by atoms with Gasteiger partial charge < -0.3 is 5.32 Å². The predicted octanol–water partition coefficient (Wildman–Crippen LogP) is 3.20. The van der Waals surface area contributed by atoms with Crippen LogP contribution in [0.3, 0.4) is 0 Å². The van der Waals surface area contributed by atoms with E-state index in [2.05, 4.69) is 48.7 Å². The van der Waals surface area contributed by atoms with Crippen molar-refractivity contribution >= 4 is 11.6 Å². The van der Waals surface area contributed by atoms with Gasteiger partial charge in [-0.2, -0.15) is 5.10 Å². The molecule has 0 aliphatic carbocycles. The number of hydrogen-bond acceptors (Lipinski definition) is 2. The van der Waals surface area contributed by atoms with E-state index < -0.39 is 0 Å². The minimum atomic E-state index is 0.167. The maximum absolute atomic E-state index is 5.99. The van der Waals surface area contributed by atoms with Gasteiger partial charge in [0.1, 0.15) is 0 Å². The lowest BCUT2D eigenvalue weighted by Crippen LogP contribution is -2.58. The van der Waals surface area contributed by atoms with Crippen molar-refractivity contribution in [3.8, 4) is 0 Å². The molecule has 1 aromatic heterocycles. The summed E-state index contributed by atoms with van der Waals surface area (Å²) in [7, 11) is 0. The lowest BCUT2D eigenvalue weighted by Gasteiger charge is -2.43. The molecule has 0 saturated carbocycles. The molecule has 2 heterocycles. The fourth-order valence-corrected chi connectivity index (χ4v) is 2.89. The first kappa shape index (κ1) is 13.7. The summed E-state index contributed by atoms with van der Waals surface area (Å²) in [5.41, 5.74) is 2.68. The zero-order valence-electron chi connectivity index (χ0n) is 11.9. The zero-order chi connectivity index (χ0) is 14.2. The van der Waals surface area contributed by atoms with E-state index in [1.807, 2.05) is 16.8 Å². The smallest absolute Gasteiger partial charge is 0.0634 e. The van der Waals surface area contributed by atoms with E-state index >= 15 is 0 Å². The lowest BCUT2D eigenvalue weighted by atomic mass is 9.72. The van der Waals surface area contributed by atoms with Crippen LogP contribution in [0.5, 0.6) is 0 Å². The molecule has 3 nitrogen and oxygen atoms in total. The number of nitrogens with zero attached hydrogens (tertiary/aromatic N) is 2. The van der Waals surface area contributed by atoms with E-state index in [9.17, 15) is 0 Å². The normalized spacial score (nSPS) is 17.2. The Morgan fingerprint density at radius 2 is 1.95 bits per heavy atom. The molecular weight excluding hydrogens is 270 g/mol. The molecule has 0 unspecified atom stereocenters. The third kappa shape index (κ3) is 2.48. The van der Waals surface area contributed by atoms with Crippen LogP contribution >= 0.6 is 11.6 Å². The number of rotatable bonds is 4. The molecule has 1 N–H and O–H groups in total. The maximum Gasteiger partial charge on any atom is 0.0634 e. The molecule has 4 heteroatoms. The van der Waals surface area contributed by atoms with E-state index in [-0.39, 0.29) is 5.41 Å². The van der Waals surface area contributed by atoms with Crippen molar-refractivity contribution < 1.29 is 0 Å². The van der Waals surface area contributed by atoms with Gasteiger partial charge in [0, 0.05) is 42.2 Å². The summed E-state index contributed by atoms with van der Waals surface area (Å²) in [6, 6.07) is 10.8. The highest BCUT2D eigenvalue weighted by Crippen LogP contribution is 2.32. The molecule has 0 radical (unpaired) electrons. The minimum absolute atomic E-state index is 0.167. The second-order valence-corrected chi connectivity index (χ2v) is 6.38. The first-order chi connectivity index (χ1) is 9.59. The van der Waals surface area contributed by atoms with Crippen molar-refractivity contribution in [2.75, 3.05) is 13.1 Å². The van der Waals surface area contributed by atoms with Crippen molar-refractivity contribution in [3.63, 3.8) is 0 Å². The van der Waals surface area contributed by atoms with Gasteiger partial charge in [-0.25, -0.2) is 0 Å². The number of aromatic nitrogens is 2. The molecule has 1 saturated heterocycles. The number of hydrogen-bond donors (Lipinski definition) is 1. The van der Waals surface area contributed by atoms with Gasteiger partial charge in [0.15, 0.2) is 0 Å². The van der Waals surface area contributed by atoms with Crippen LogP contribution in [0, 0.1) is 0 Å². The Hall–Kier alpha value is -1.32. The molecule has 1 fully saturated rings. The Morgan fingerprint density at radius 3 is 2.45 bits per heavy atom. The second kappa shape index (κ2) is 5.23. The molecule has 3 rings (SSSR count). The molecule has 0 spiro atoms. The van der Waals surface area contributed by atoms with Crippen LogP contribution in [0.4, 0.5) is 0 Å². The topological polar surface area (TPSA) is 29.9 Å². The van der Waals surface area contributed by atoms with Crippen LogP contribution in [0.25, 0.3) is 0 Å². The highest BCUT2D eigenvalue weighted by molar-refractivity contribution is 6.30. The maximum atomic E-state index is 5.99. The van der Waals surface area contributed by atoms with Crippen LogP contribution in [-0.4, -0.2) is 22.9 Å². The third-order valence-electron chi connectivity index (χ3n) is 4.10. The molecule has 0 amide bonds. The molecule has 0 atom stereocenters. The molecule has 1 aromatic carbocycles. The fourth-order valence-electron chi connectivity index (χ4n) is 2.77. The van der Waals surface area contributed by atoms with Crippen LogP contribution < -0.4 is 5.32 Å². The summed E-state index contributed by atoms with van der Waals surface area (Å²) >= 11 is 5.99. The number of benzene rings is 1. The Bertz CT molecular complexity index is 582. The van der Waals surface area contributed by atoms with E-state index in [1.165, 1.54) is 5.56 Å². The van der Waals surface area contributed by atoms with Gasteiger partial charge in [0.25, 0.3) is 0 Å². The summed E-state index contributed by atoms with van der Waals surface area (Å²) in [5, 5.41) is 8.87. The molecule has 20 heavy (non-hydrogen) atoms. The third-order valence-corrected chi connectivity index (χ3v) is 4.35. The van der Waals surface area contributed by atoms with Crippen LogP contribution in [0.1, 0.15) is 31.1 Å². The number of nitrogens with one attached hydrogen (secondary N) is 1. The Balaban J connectivity index is 1.83. The van der Waals surface area contributed by atoms with Crippen LogP contribution in [0.2, 0.25) is 5.02 Å². The zero-order valence-corrected chi connectivity index (χ0v) is 12.7. The fraction of sp³-hybridized carbons (Fsp3) is 0.438. The standard InChI is InChI=1S/C16H20ClN3/c1-12(2)20-8-7-15(19-20)9-16(10-18-11-16)13-3-5-14(17)6-4-13/h3-8,12,18H,9-11H2,1-2H3. The van der Waals surface area contributed by atoms with Crippen molar-refractivity contribution in [1.29, 1.82) is 0 Å². The van der Waals surface area contributed by atoms with Crippen molar-refractivity contribution in [2.45, 2.75) is 31.7 Å². The lowest BCUT2D eigenvalue weighted by molar-refractivity contribution is 0.271. The second-order valence-electron chi connectivity index (χ2n) is 5.95. The van der Waals surface area contributed by atoms with Crippen molar-refractivity contribution in [2.24, 2.45) is 0 Å². The Kier molecular flexibility index (Phi) is 3.57. The van der Waals surface area contributed by atoms with Gasteiger partial charge >= 0.3 is 0 Å². The van der Waals surface area contributed by atoms with Crippen LogP contribution in [-0.2, 0) is 11.8 Å². The van der Waals surface area contributed by atoms with Crippen molar-refractivity contribution in [1.82, 2.24) is 15.1 Å². The van der Waals surface area contributed by atoms with Gasteiger partial charge in [-0.1, -0.05) is 23.7 Å². The molecule has 2 aromatic rings. The largest absolute Gasteiger partial charge is 0.315 e. The quantitative estimate of drug-likeness (QED) is 0.937. The summed E-state index contributed by atoms with van der Waals surface area (Å²) < 4.78 is 2.02.